The van der Waals surface area contributed by atoms with E-state index in [1.165, 1.54) is 0 Å². The molecule has 1 aromatic heterocycles. The van der Waals surface area contributed by atoms with Crippen LogP contribution in [0.2, 0.25) is 5.02 Å². The first-order valence-electron chi connectivity index (χ1n) is 6.68. The van der Waals surface area contributed by atoms with Crippen molar-refractivity contribution in [1.82, 2.24) is 4.98 Å². The average Bonchev–Trinajstić information content (AvgIpc) is 2.38. The van der Waals surface area contributed by atoms with E-state index in [-0.39, 0.29) is 5.91 Å². The Hall–Kier alpha value is -1.87. The van der Waals surface area contributed by atoms with E-state index in [0.29, 0.717) is 5.02 Å². The molecular formula is C16H15ClN2O. The van der Waals surface area contributed by atoms with Crippen LogP contribution in [-0.4, -0.2) is 10.9 Å². The van der Waals surface area contributed by atoms with Crippen molar-refractivity contribution < 1.29 is 4.79 Å². The Labute approximate surface area is 123 Å². The van der Waals surface area contributed by atoms with Crippen molar-refractivity contribution in [1.29, 1.82) is 0 Å². The molecule has 0 aliphatic heterocycles. The number of halogens is 1. The summed E-state index contributed by atoms with van der Waals surface area (Å²) in [6.07, 6.45) is 6.12. The average molecular weight is 287 g/mol. The van der Waals surface area contributed by atoms with Gasteiger partial charge < -0.3 is 5.32 Å². The maximum atomic E-state index is 12.6. The molecule has 0 bridgehead atoms. The second-order valence-electron chi connectivity index (χ2n) is 5.14. The summed E-state index contributed by atoms with van der Waals surface area (Å²) in [5, 5.41) is 3.63. The van der Waals surface area contributed by atoms with Gasteiger partial charge in [0.1, 0.15) is 0 Å². The monoisotopic (exact) mass is 286 g/mol. The molecule has 1 amide bonds. The van der Waals surface area contributed by atoms with Crippen molar-refractivity contribution in [3.05, 3.63) is 59.4 Å². The van der Waals surface area contributed by atoms with Crippen molar-refractivity contribution in [2.24, 2.45) is 0 Å². The number of nitrogens with zero attached hydrogens (tertiary/aromatic N) is 1. The molecule has 0 spiro atoms. The number of nitrogens with one attached hydrogen (secondary N) is 1. The number of aromatic nitrogens is 1. The molecular weight excluding hydrogens is 272 g/mol. The lowest BCUT2D eigenvalue weighted by atomic mass is 9.64. The lowest BCUT2D eigenvalue weighted by Gasteiger charge is -2.40. The minimum Gasteiger partial charge on any atom is -0.324 e. The Bertz CT molecular complexity index is 623. The minimum absolute atomic E-state index is 0.0269. The van der Waals surface area contributed by atoms with E-state index in [1.54, 1.807) is 12.4 Å². The zero-order chi connectivity index (χ0) is 14.0. The maximum absolute atomic E-state index is 12.6. The molecule has 0 saturated heterocycles. The number of hydrogen-bond acceptors (Lipinski definition) is 2. The maximum Gasteiger partial charge on any atom is 0.235 e. The highest BCUT2D eigenvalue weighted by Gasteiger charge is 2.45. The molecule has 3 rings (SSSR count). The Kier molecular flexibility index (Phi) is 3.45. The van der Waals surface area contributed by atoms with E-state index < -0.39 is 5.41 Å². The molecule has 1 aliphatic carbocycles. The molecule has 2 aromatic rings. The van der Waals surface area contributed by atoms with E-state index in [4.69, 9.17) is 11.6 Å². The van der Waals surface area contributed by atoms with Gasteiger partial charge in [0, 0.05) is 11.2 Å². The molecule has 1 saturated carbocycles. The van der Waals surface area contributed by atoms with Crippen LogP contribution in [0, 0.1) is 0 Å². The number of amides is 1. The van der Waals surface area contributed by atoms with Crippen molar-refractivity contribution in [3.63, 3.8) is 0 Å². The highest BCUT2D eigenvalue weighted by atomic mass is 35.5. The van der Waals surface area contributed by atoms with Crippen molar-refractivity contribution in [2.75, 3.05) is 5.32 Å². The second-order valence-corrected chi connectivity index (χ2v) is 5.58. The van der Waals surface area contributed by atoms with Gasteiger partial charge in [-0.2, -0.15) is 0 Å². The number of carbonyl (C=O) groups excluding carboxylic acids is 1. The van der Waals surface area contributed by atoms with Crippen LogP contribution in [0.3, 0.4) is 0 Å². The third kappa shape index (κ3) is 2.29. The molecule has 0 unspecified atom stereocenters. The quantitative estimate of drug-likeness (QED) is 0.932. The summed E-state index contributed by atoms with van der Waals surface area (Å²) in [5.74, 6) is 0.0269. The van der Waals surface area contributed by atoms with Crippen molar-refractivity contribution >= 4 is 23.2 Å². The molecule has 0 radical (unpaired) electrons. The molecule has 4 heteroatoms. The van der Waals surface area contributed by atoms with Gasteiger partial charge >= 0.3 is 0 Å². The van der Waals surface area contributed by atoms with Crippen LogP contribution < -0.4 is 5.32 Å². The molecule has 1 aromatic carbocycles. The first kappa shape index (κ1) is 13.1. The van der Waals surface area contributed by atoms with E-state index in [2.05, 4.69) is 10.3 Å². The Morgan fingerprint density at radius 1 is 1.25 bits per heavy atom. The van der Waals surface area contributed by atoms with Crippen LogP contribution in [0.4, 0.5) is 5.69 Å². The van der Waals surface area contributed by atoms with Gasteiger partial charge in [0.25, 0.3) is 0 Å². The molecule has 0 atom stereocenters. The first-order valence-corrected chi connectivity index (χ1v) is 7.06. The molecule has 1 heterocycles. The van der Waals surface area contributed by atoms with Crippen LogP contribution in [-0.2, 0) is 10.2 Å². The molecule has 1 aliphatic rings. The number of hydrogen-bond donors (Lipinski definition) is 1. The zero-order valence-corrected chi connectivity index (χ0v) is 11.7. The van der Waals surface area contributed by atoms with Crippen molar-refractivity contribution in [3.8, 4) is 0 Å². The summed E-state index contributed by atoms with van der Waals surface area (Å²) in [5.41, 5.74) is 1.28. The number of anilines is 1. The van der Waals surface area contributed by atoms with E-state index in [1.807, 2.05) is 36.4 Å². The van der Waals surface area contributed by atoms with E-state index in [9.17, 15) is 4.79 Å². The third-order valence-corrected chi connectivity index (χ3v) is 4.17. The summed E-state index contributed by atoms with van der Waals surface area (Å²) in [4.78, 5) is 16.7. The highest BCUT2D eigenvalue weighted by Crippen LogP contribution is 2.45. The largest absolute Gasteiger partial charge is 0.324 e. The van der Waals surface area contributed by atoms with Crippen molar-refractivity contribution in [2.45, 2.75) is 24.7 Å². The predicted molar refractivity (Wildman–Crippen MR) is 79.8 cm³/mol. The summed E-state index contributed by atoms with van der Waals surface area (Å²) in [6.45, 7) is 0. The predicted octanol–water partition coefficient (Wildman–Crippen LogP) is 3.80. The number of pyridine rings is 1. The van der Waals surface area contributed by atoms with Crippen LogP contribution in [0.15, 0.2) is 48.8 Å². The smallest absolute Gasteiger partial charge is 0.235 e. The molecule has 1 fully saturated rings. The van der Waals surface area contributed by atoms with Gasteiger partial charge in [-0.25, -0.2) is 0 Å². The summed E-state index contributed by atoms with van der Waals surface area (Å²) in [6, 6.07) is 11.3. The zero-order valence-electron chi connectivity index (χ0n) is 11.0. The minimum atomic E-state index is -0.444. The Morgan fingerprint density at radius 3 is 2.70 bits per heavy atom. The molecule has 3 nitrogen and oxygen atoms in total. The van der Waals surface area contributed by atoms with Crippen LogP contribution in [0.25, 0.3) is 0 Å². The van der Waals surface area contributed by atoms with E-state index in [0.717, 1.165) is 30.5 Å². The lowest BCUT2D eigenvalue weighted by molar-refractivity contribution is -0.124. The number of benzene rings is 1. The van der Waals surface area contributed by atoms with Gasteiger partial charge in [-0.15, -0.1) is 0 Å². The van der Waals surface area contributed by atoms with Crippen LogP contribution in [0.1, 0.15) is 24.8 Å². The van der Waals surface area contributed by atoms with Gasteiger partial charge in [-0.3, -0.25) is 9.78 Å². The van der Waals surface area contributed by atoms with Gasteiger partial charge in [0.2, 0.25) is 5.91 Å². The fourth-order valence-corrected chi connectivity index (χ4v) is 2.84. The third-order valence-electron chi connectivity index (χ3n) is 3.94. The number of rotatable bonds is 3. The van der Waals surface area contributed by atoms with Gasteiger partial charge in [-0.05, 0) is 42.7 Å². The summed E-state index contributed by atoms with van der Waals surface area (Å²) >= 11 is 6.06. The second kappa shape index (κ2) is 5.25. The number of carbonyl (C=O) groups is 1. The van der Waals surface area contributed by atoms with Gasteiger partial charge in [0.15, 0.2) is 0 Å². The molecule has 102 valence electrons. The first-order chi connectivity index (χ1) is 9.71. The van der Waals surface area contributed by atoms with Crippen LogP contribution in [0.5, 0.6) is 0 Å². The normalized spacial score (nSPS) is 16.2. The fourth-order valence-electron chi connectivity index (χ4n) is 2.65. The SMILES string of the molecule is O=C(Nc1cccnc1)C1(c2cccc(Cl)c2)CCC1. The molecule has 1 N–H and O–H groups in total. The lowest BCUT2D eigenvalue weighted by Crippen LogP contribution is -2.46. The summed E-state index contributed by atoms with van der Waals surface area (Å²) in [7, 11) is 0. The van der Waals surface area contributed by atoms with Gasteiger partial charge in [0.05, 0.1) is 17.3 Å². The summed E-state index contributed by atoms with van der Waals surface area (Å²) < 4.78 is 0. The Balaban J connectivity index is 1.87. The standard InChI is InChI=1S/C16H15ClN2O/c17-13-5-1-4-12(10-13)16(7-3-8-16)15(20)19-14-6-2-9-18-11-14/h1-2,4-6,9-11H,3,7-8H2,(H,19,20). The van der Waals surface area contributed by atoms with Crippen LogP contribution >= 0.6 is 11.6 Å². The fraction of sp³-hybridized carbons (Fsp3) is 0.250. The topological polar surface area (TPSA) is 42.0 Å². The Morgan fingerprint density at radius 2 is 2.10 bits per heavy atom. The molecule has 20 heavy (non-hydrogen) atoms. The van der Waals surface area contributed by atoms with Gasteiger partial charge in [-0.1, -0.05) is 30.2 Å². The highest BCUT2D eigenvalue weighted by molar-refractivity contribution is 6.30. The van der Waals surface area contributed by atoms with E-state index >= 15 is 0 Å².